The van der Waals surface area contributed by atoms with Crippen LogP contribution in [-0.2, 0) is 0 Å². The number of nitrogens with two attached hydrogens (primary N) is 1. The molecule has 0 radical (unpaired) electrons. The lowest BCUT2D eigenvalue weighted by Crippen LogP contribution is -2.44. The predicted octanol–water partition coefficient (Wildman–Crippen LogP) is 1.47. The Balaban J connectivity index is 2.22. The molecule has 4 nitrogen and oxygen atoms in total. The third-order valence-electron chi connectivity index (χ3n) is 2.97. The molecular weight excluding hydrogens is 200 g/mol. The second-order valence-electron chi connectivity index (χ2n) is 4.46. The molecule has 0 amide bonds. The van der Waals surface area contributed by atoms with E-state index in [1.54, 1.807) is 0 Å². The molecule has 1 fully saturated rings. The van der Waals surface area contributed by atoms with Crippen LogP contribution in [0.3, 0.4) is 0 Å². The lowest BCUT2D eigenvalue weighted by Gasteiger charge is -2.34. The van der Waals surface area contributed by atoms with Crippen LogP contribution in [0.15, 0.2) is 6.07 Å². The molecule has 0 aromatic carbocycles. The number of nitrogens with zero attached hydrogens (tertiary/aromatic N) is 2. The maximum absolute atomic E-state index is 9.09. The molecule has 1 aliphatic rings. The Hall–Kier alpha value is -1.60. The average molecular weight is 216 g/mol. The van der Waals surface area contributed by atoms with E-state index < -0.39 is 0 Å². The number of anilines is 1. The zero-order chi connectivity index (χ0) is 11.7. The van der Waals surface area contributed by atoms with Gasteiger partial charge in [0.25, 0.3) is 0 Å². The van der Waals surface area contributed by atoms with Crippen LogP contribution in [0.25, 0.3) is 0 Å². The Labute approximate surface area is 95.5 Å². The molecule has 0 bridgehead atoms. The van der Waals surface area contributed by atoms with Crippen LogP contribution in [0.2, 0.25) is 0 Å². The standard InChI is InChI=1S/C12H16N4/c1-7-3-12(11(6-13)8(2)15-7)16-10-4-9(14)5-10/h3,9-10H,4-5,14H2,1-2H3,(H,15,16). The van der Waals surface area contributed by atoms with E-state index in [4.69, 9.17) is 11.0 Å². The van der Waals surface area contributed by atoms with E-state index in [0.29, 0.717) is 17.6 Å². The summed E-state index contributed by atoms with van der Waals surface area (Å²) in [6.45, 7) is 3.80. The summed E-state index contributed by atoms with van der Waals surface area (Å²) in [5.74, 6) is 0. The summed E-state index contributed by atoms with van der Waals surface area (Å²) in [7, 11) is 0. The molecule has 16 heavy (non-hydrogen) atoms. The fourth-order valence-corrected chi connectivity index (χ4v) is 2.08. The lowest BCUT2D eigenvalue weighted by molar-refractivity contribution is 0.373. The molecule has 3 N–H and O–H groups in total. The van der Waals surface area contributed by atoms with E-state index in [2.05, 4.69) is 16.4 Å². The summed E-state index contributed by atoms with van der Waals surface area (Å²) >= 11 is 0. The monoisotopic (exact) mass is 216 g/mol. The highest BCUT2D eigenvalue weighted by atomic mass is 15.0. The zero-order valence-electron chi connectivity index (χ0n) is 9.62. The van der Waals surface area contributed by atoms with Crippen molar-refractivity contribution in [3.05, 3.63) is 23.0 Å². The minimum atomic E-state index is 0.312. The summed E-state index contributed by atoms with van der Waals surface area (Å²) in [6, 6.07) is 4.84. The Kier molecular flexibility index (Phi) is 2.80. The predicted molar refractivity (Wildman–Crippen MR) is 63.0 cm³/mol. The van der Waals surface area contributed by atoms with Gasteiger partial charge in [0.15, 0.2) is 0 Å². The number of pyridine rings is 1. The summed E-state index contributed by atoms with van der Waals surface area (Å²) in [5.41, 5.74) is 8.99. The van der Waals surface area contributed by atoms with Crippen molar-refractivity contribution in [1.29, 1.82) is 5.26 Å². The molecule has 1 aliphatic carbocycles. The Morgan fingerprint density at radius 3 is 2.75 bits per heavy atom. The quantitative estimate of drug-likeness (QED) is 0.785. The number of hydrogen-bond donors (Lipinski definition) is 2. The van der Waals surface area contributed by atoms with Crippen molar-refractivity contribution in [2.24, 2.45) is 5.73 Å². The molecule has 1 heterocycles. The van der Waals surface area contributed by atoms with Crippen molar-refractivity contribution in [3.8, 4) is 6.07 Å². The molecule has 4 heteroatoms. The van der Waals surface area contributed by atoms with Gasteiger partial charge in [-0.1, -0.05) is 0 Å². The zero-order valence-corrected chi connectivity index (χ0v) is 9.62. The maximum atomic E-state index is 9.09. The van der Waals surface area contributed by atoms with Crippen molar-refractivity contribution in [1.82, 2.24) is 4.98 Å². The minimum Gasteiger partial charge on any atom is -0.381 e. The summed E-state index contributed by atoms with van der Waals surface area (Å²) in [5, 5.41) is 12.5. The first kappa shape index (κ1) is 10.9. The summed E-state index contributed by atoms with van der Waals surface area (Å²) in [4.78, 5) is 4.28. The first-order valence-electron chi connectivity index (χ1n) is 5.50. The van der Waals surface area contributed by atoms with Crippen molar-refractivity contribution < 1.29 is 0 Å². The van der Waals surface area contributed by atoms with Crippen LogP contribution < -0.4 is 11.1 Å². The molecule has 0 aliphatic heterocycles. The molecule has 2 rings (SSSR count). The molecule has 0 saturated heterocycles. The second-order valence-corrected chi connectivity index (χ2v) is 4.46. The van der Waals surface area contributed by atoms with Crippen LogP contribution in [0.4, 0.5) is 5.69 Å². The molecule has 0 unspecified atom stereocenters. The van der Waals surface area contributed by atoms with Gasteiger partial charge in [-0.15, -0.1) is 0 Å². The van der Waals surface area contributed by atoms with Crippen LogP contribution in [0.5, 0.6) is 0 Å². The van der Waals surface area contributed by atoms with Gasteiger partial charge in [-0.2, -0.15) is 5.26 Å². The smallest absolute Gasteiger partial charge is 0.103 e. The Morgan fingerprint density at radius 2 is 2.19 bits per heavy atom. The first-order valence-corrected chi connectivity index (χ1v) is 5.50. The molecule has 84 valence electrons. The van der Waals surface area contributed by atoms with E-state index in [1.807, 2.05) is 19.9 Å². The number of nitrogens with one attached hydrogen (secondary N) is 1. The molecule has 1 saturated carbocycles. The van der Waals surface area contributed by atoms with Crippen molar-refractivity contribution in [2.75, 3.05) is 5.32 Å². The van der Waals surface area contributed by atoms with Crippen LogP contribution in [-0.4, -0.2) is 17.1 Å². The van der Waals surface area contributed by atoms with Gasteiger partial charge in [0.1, 0.15) is 6.07 Å². The van der Waals surface area contributed by atoms with Gasteiger partial charge in [-0.05, 0) is 32.8 Å². The number of nitriles is 1. The van der Waals surface area contributed by atoms with Gasteiger partial charge in [0.2, 0.25) is 0 Å². The number of hydrogen-bond acceptors (Lipinski definition) is 4. The van der Waals surface area contributed by atoms with Gasteiger partial charge in [-0.25, -0.2) is 0 Å². The topological polar surface area (TPSA) is 74.7 Å². The highest BCUT2D eigenvalue weighted by molar-refractivity contribution is 5.60. The van der Waals surface area contributed by atoms with E-state index in [-0.39, 0.29) is 0 Å². The summed E-state index contributed by atoms with van der Waals surface area (Å²) in [6.07, 6.45) is 1.95. The summed E-state index contributed by atoms with van der Waals surface area (Å²) < 4.78 is 0. The largest absolute Gasteiger partial charge is 0.381 e. The van der Waals surface area contributed by atoms with E-state index in [0.717, 1.165) is 29.9 Å². The van der Waals surface area contributed by atoms with Crippen molar-refractivity contribution in [3.63, 3.8) is 0 Å². The van der Waals surface area contributed by atoms with E-state index >= 15 is 0 Å². The fraction of sp³-hybridized carbons (Fsp3) is 0.500. The van der Waals surface area contributed by atoms with Crippen molar-refractivity contribution >= 4 is 5.69 Å². The van der Waals surface area contributed by atoms with Crippen LogP contribution in [0, 0.1) is 25.2 Å². The SMILES string of the molecule is Cc1cc(NC2CC(N)C2)c(C#N)c(C)n1. The maximum Gasteiger partial charge on any atom is 0.103 e. The Morgan fingerprint density at radius 1 is 1.50 bits per heavy atom. The highest BCUT2D eigenvalue weighted by Crippen LogP contribution is 2.26. The number of rotatable bonds is 2. The first-order chi connectivity index (χ1) is 7.60. The van der Waals surface area contributed by atoms with Gasteiger partial charge in [0, 0.05) is 17.8 Å². The van der Waals surface area contributed by atoms with Crippen LogP contribution >= 0.6 is 0 Å². The normalized spacial score (nSPS) is 23.4. The van der Waals surface area contributed by atoms with Crippen LogP contribution in [0.1, 0.15) is 29.8 Å². The van der Waals surface area contributed by atoms with Gasteiger partial charge < -0.3 is 11.1 Å². The van der Waals surface area contributed by atoms with Crippen molar-refractivity contribution in [2.45, 2.75) is 38.8 Å². The molecule has 1 aromatic rings. The third-order valence-corrected chi connectivity index (χ3v) is 2.97. The minimum absolute atomic E-state index is 0.312. The number of aryl methyl sites for hydroxylation is 2. The lowest BCUT2D eigenvalue weighted by atomic mass is 9.87. The molecule has 0 spiro atoms. The highest BCUT2D eigenvalue weighted by Gasteiger charge is 2.26. The fourth-order valence-electron chi connectivity index (χ4n) is 2.08. The average Bonchev–Trinajstić information content (AvgIpc) is 2.14. The van der Waals surface area contributed by atoms with E-state index in [1.165, 1.54) is 0 Å². The van der Waals surface area contributed by atoms with Gasteiger partial charge in [0.05, 0.1) is 16.9 Å². The van der Waals surface area contributed by atoms with E-state index in [9.17, 15) is 0 Å². The Bertz CT molecular complexity index is 441. The molecule has 0 atom stereocenters. The van der Waals surface area contributed by atoms with Gasteiger partial charge in [-0.3, -0.25) is 4.98 Å². The molecule has 1 aromatic heterocycles. The second kappa shape index (κ2) is 4.11. The molecular formula is C12H16N4. The third kappa shape index (κ3) is 2.00. The number of aromatic nitrogens is 1. The van der Waals surface area contributed by atoms with Gasteiger partial charge >= 0.3 is 0 Å².